The van der Waals surface area contributed by atoms with Crippen molar-refractivity contribution >= 4 is 11.6 Å². The molecule has 0 N–H and O–H groups in total. The van der Waals surface area contributed by atoms with Gasteiger partial charge in [-0.05, 0) is 74.5 Å². The molecule has 3 aromatic rings. The van der Waals surface area contributed by atoms with Crippen LogP contribution in [-0.2, 0) is 10.3 Å². The maximum atomic E-state index is 14.2. The molecule has 2 saturated heterocycles. The second-order valence-electron chi connectivity index (χ2n) is 9.98. The molecular weight excluding hydrogens is 470 g/mol. The van der Waals surface area contributed by atoms with Crippen LogP contribution in [0.15, 0.2) is 78.9 Å². The van der Waals surface area contributed by atoms with Gasteiger partial charge in [0.15, 0.2) is 5.54 Å². The van der Waals surface area contributed by atoms with Gasteiger partial charge in [0.2, 0.25) is 0 Å². The van der Waals surface area contributed by atoms with E-state index in [2.05, 4.69) is 34.1 Å². The van der Waals surface area contributed by atoms with Gasteiger partial charge < -0.3 is 9.80 Å². The van der Waals surface area contributed by atoms with Gasteiger partial charge in [-0.2, -0.15) is 0 Å². The molecule has 2 aliphatic rings. The van der Waals surface area contributed by atoms with Crippen molar-refractivity contribution in [3.63, 3.8) is 0 Å². The zero-order chi connectivity index (χ0) is 26.0. The molecule has 3 aromatic carbocycles. The van der Waals surface area contributed by atoms with E-state index in [-0.39, 0.29) is 23.7 Å². The predicted molar refractivity (Wildman–Crippen MR) is 142 cm³/mol. The lowest BCUT2D eigenvalue weighted by Gasteiger charge is -2.36. The molecule has 194 valence electrons. The lowest BCUT2D eigenvalue weighted by atomic mass is 9.81. The van der Waals surface area contributed by atoms with Gasteiger partial charge in [-0.1, -0.05) is 42.5 Å². The maximum absolute atomic E-state index is 14.2. The highest BCUT2D eigenvalue weighted by Gasteiger charge is 2.56. The fourth-order valence-electron chi connectivity index (χ4n) is 5.84. The lowest BCUT2D eigenvalue weighted by molar-refractivity contribution is -0.132. The smallest absolute Gasteiger partial charge is 0.253 e. The van der Waals surface area contributed by atoms with Gasteiger partial charge in [-0.3, -0.25) is 14.6 Å². The third-order valence-corrected chi connectivity index (χ3v) is 8.00. The minimum absolute atomic E-state index is 0.0605. The van der Waals surface area contributed by atoms with Crippen LogP contribution in [0.3, 0.4) is 0 Å². The average Bonchev–Trinajstić information content (AvgIpc) is 3.11. The lowest BCUT2D eigenvalue weighted by Crippen LogP contribution is -2.47. The summed E-state index contributed by atoms with van der Waals surface area (Å²) < 4.78 is 27.6. The van der Waals surface area contributed by atoms with Gasteiger partial charge >= 0.3 is 0 Å². The number of carbonyl (C=O) groups excluding carboxylic acids is 1. The van der Waals surface area contributed by atoms with Crippen LogP contribution in [0, 0.1) is 11.6 Å². The Hall–Kier alpha value is -3.29. The van der Waals surface area contributed by atoms with E-state index < -0.39 is 5.54 Å². The largest absolute Gasteiger partial charge is 0.369 e. The maximum Gasteiger partial charge on any atom is 0.253 e. The molecule has 0 bridgehead atoms. The first-order valence-corrected chi connectivity index (χ1v) is 13.0. The van der Waals surface area contributed by atoms with E-state index in [1.54, 1.807) is 24.3 Å². The van der Waals surface area contributed by atoms with Crippen molar-refractivity contribution in [2.45, 2.75) is 25.0 Å². The Morgan fingerprint density at radius 3 is 1.86 bits per heavy atom. The Labute approximate surface area is 217 Å². The number of halogens is 2. The monoisotopic (exact) mass is 504 g/mol. The third-order valence-electron chi connectivity index (χ3n) is 8.00. The second-order valence-corrected chi connectivity index (χ2v) is 9.98. The molecule has 0 aliphatic carbocycles. The number of carbonyl (C=O) groups is 1. The molecule has 1 unspecified atom stereocenters. The molecule has 1 amide bonds. The highest BCUT2D eigenvalue weighted by molar-refractivity contribution is 5.93. The van der Waals surface area contributed by atoms with Crippen molar-refractivity contribution in [3.05, 3.63) is 102 Å². The molecule has 2 heterocycles. The van der Waals surface area contributed by atoms with Crippen molar-refractivity contribution < 1.29 is 13.6 Å². The Kier molecular flexibility index (Phi) is 7.26. The Bertz CT molecular complexity index is 1150. The zero-order valence-corrected chi connectivity index (χ0v) is 21.5. The summed E-state index contributed by atoms with van der Waals surface area (Å²) in [5.74, 6) is -0.777. The number of amides is 1. The first-order valence-electron chi connectivity index (χ1n) is 13.0. The average molecular weight is 505 g/mol. The van der Waals surface area contributed by atoms with E-state index in [4.69, 9.17) is 0 Å². The van der Waals surface area contributed by atoms with Crippen LogP contribution >= 0.6 is 0 Å². The molecule has 1 atom stereocenters. The Morgan fingerprint density at radius 2 is 1.32 bits per heavy atom. The van der Waals surface area contributed by atoms with Gasteiger partial charge in [0.25, 0.3) is 5.91 Å². The summed E-state index contributed by atoms with van der Waals surface area (Å²) in [4.78, 5) is 23.0. The molecule has 0 radical (unpaired) electrons. The number of likely N-dealkylation sites (N-methyl/N-ethyl adjacent to an activating group) is 1. The SMILES string of the molecule is CC1N(CCCN2CCN(c3ccccc3)CC2)C(=O)C(c2ccc(F)cc2)(c2ccc(F)cc2)N1C. The van der Waals surface area contributed by atoms with Crippen molar-refractivity contribution in [2.24, 2.45) is 0 Å². The van der Waals surface area contributed by atoms with E-state index in [0.29, 0.717) is 17.7 Å². The van der Waals surface area contributed by atoms with Gasteiger partial charge in [-0.25, -0.2) is 8.78 Å². The minimum Gasteiger partial charge on any atom is -0.369 e. The number of hydrogen-bond acceptors (Lipinski definition) is 4. The Balaban J connectivity index is 1.29. The van der Waals surface area contributed by atoms with E-state index in [1.807, 2.05) is 29.8 Å². The van der Waals surface area contributed by atoms with Crippen LogP contribution in [0.1, 0.15) is 24.5 Å². The zero-order valence-electron chi connectivity index (χ0n) is 21.5. The number of piperazine rings is 1. The molecular formula is C30H34F2N4O. The van der Waals surface area contributed by atoms with Gasteiger partial charge in [0.05, 0.1) is 6.17 Å². The molecule has 0 spiro atoms. The highest BCUT2D eigenvalue weighted by atomic mass is 19.1. The van der Waals surface area contributed by atoms with E-state index >= 15 is 0 Å². The van der Waals surface area contributed by atoms with Crippen LogP contribution in [0.25, 0.3) is 0 Å². The molecule has 5 rings (SSSR count). The fraction of sp³-hybridized carbons (Fsp3) is 0.367. The van der Waals surface area contributed by atoms with Crippen molar-refractivity contribution in [3.8, 4) is 0 Å². The summed E-state index contributed by atoms with van der Waals surface area (Å²) in [7, 11) is 1.91. The van der Waals surface area contributed by atoms with Gasteiger partial charge in [0.1, 0.15) is 11.6 Å². The molecule has 2 fully saturated rings. The summed E-state index contributed by atoms with van der Waals surface area (Å²) in [5, 5.41) is 0. The number of benzene rings is 3. The van der Waals surface area contributed by atoms with Gasteiger partial charge in [0, 0.05) is 38.4 Å². The standard InChI is InChI=1S/C30H34F2N4O/c1-23-33(2)30(24-9-13-26(31)14-10-24,25-11-15-27(32)16-12-25)29(37)36(23)18-6-17-34-19-21-35(22-20-34)28-7-4-3-5-8-28/h3-5,7-16,23H,6,17-22H2,1-2H3. The number of nitrogens with zero attached hydrogens (tertiary/aromatic N) is 4. The van der Waals surface area contributed by atoms with Crippen LogP contribution in [-0.4, -0.2) is 73.1 Å². The van der Waals surface area contributed by atoms with Gasteiger partial charge in [-0.15, -0.1) is 0 Å². The van der Waals surface area contributed by atoms with E-state index in [0.717, 1.165) is 39.1 Å². The summed E-state index contributed by atoms with van der Waals surface area (Å²) in [6.07, 6.45) is 0.690. The Morgan fingerprint density at radius 1 is 0.784 bits per heavy atom. The fourth-order valence-corrected chi connectivity index (χ4v) is 5.84. The first kappa shape index (κ1) is 25.4. The summed E-state index contributed by atoms with van der Waals surface area (Å²) >= 11 is 0. The number of para-hydroxylation sites is 1. The third kappa shape index (κ3) is 4.74. The number of rotatable bonds is 7. The molecule has 37 heavy (non-hydrogen) atoms. The quantitative estimate of drug-likeness (QED) is 0.473. The topological polar surface area (TPSA) is 30.0 Å². The van der Waals surface area contributed by atoms with Crippen molar-refractivity contribution in [2.75, 3.05) is 51.2 Å². The highest BCUT2D eigenvalue weighted by Crippen LogP contribution is 2.44. The van der Waals surface area contributed by atoms with Crippen LogP contribution in [0.5, 0.6) is 0 Å². The first-order chi connectivity index (χ1) is 17.9. The van der Waals surface area contributed by atoms with Crippen LogP contribution in [0.4, 0.5) is 14.5 Å². The summed E-state index contributed by atoms with van der Waals surface area (Å²) in [6.45, 7) is 7.52. The molecule has 7 heteroatoms. The van der Waals surface area contributed by atoms with Crippen molar-refractivity contribution in [1.29, 1.82) is 0 Å². The van der Waals surface area contributed by atoms with Crippen LogP contribution < -0.4 is 4.90 Å². The number of hydrogen-bond donors (Lipinski definition) is 0. The number of anilines is 1. The van der Waals surface area contributed by atoms with Crippen molar-refractivity contribution in [1.82, 2.24) is 14.7 Å². The molecule has 2 aliphatic heterocycles. The van der Waals surface area contributed by atoms with E-state index in [9.17, 15) is 13.6 Å². The second kappa shape index (κ2) is 10.6. The predicted octanol–water partition coefficient (Wildman–Crippen LogP) is 4.54. The summed E-state index contributed by atoms with van der Waals surface area (Å²) in [5.41, 5.74) is 1.49. The van der Waals surface area contributed by atoms with E-state index in [1.165, 1.54) is 30.0 Å². The molecule has 0 aromatic heterocycles. The van der Waals surface area contributed by atoms with Crippen LogP contribution in [0.2, 0.25) is 0 Å². The summed E-state index contributed by atoms with van der Waals surface area (Å²) in [6, 6.07) is 22.7. The molecule has 5 nitrogen and oxygen atoms in total. The normalized spacial score (nSPS) is 20.5. The molecule has 0 saturated carbocycles. The minimum atomic E-state index is -1.14.